The smallest absolute Gasteiger partial charge is 0.250 e. The molecule has 8 nitrogen and oxygen atoms in total. The van der Waals surface area contributed by atoms with Gasteiger partial charge in [0.2, 0.25) is 5.91 Å². The van der Waals surface area contributed by atoms with Crippen molar-refractivity contribution >= 4 is 67.8 Å². The molecule has 2 atom stereocenters. The second-order valence-electron chi connectivity index (χ2n) is 8.91. The van der Waals surface area contributed by atoms with Crippen molar-refractivity contribution in [2.75, 3.05) is 23.9 Å². The molecule has 2 aromatic carbocycles. The van der Waals surface area contributed by atoms with Crippen LogP contribution in [0.25, 0.3) is 15.3 Å². The maximum atomic E-state index is 12.1. The van der Waals surface area contributed by atoms with Gasteiger partial charge in [-0.3, -0.25) is 14.3 Å². The van der Waals surface area contributed by atoms with Crippen LogP contribution >= 0.6 is 35.2 Å². The molecule has 0 spiro atoms. The van der Waals surface area contributed by atoms with Crippen LogP contribution in [0.15, 0.2) is 85.2 Å². The lowest BCUT2D eigenvalue weighted by Gasteiger charge is -2.29. The van der Waals surface area contributed by atoms with E-state index in [1.807, 2.05) is 59.6 Å². The SMILES string of the molecule is COCC(=O)Nc1ccc(N2C(=S)N[C@H](c3ccccn3)[C@H]2c2cccn2-c2nc3ccccc3s2)cc1Cl. The molecular formula is C28H23ClN6O2S2. The topological polar surface area (TPSA) is 84.3 Å². The van der Waals surface area contributed by atoms with Gasteiger partial charge in [0.25, 0.3) is 0 Å². The molecule has 0 radical (unpaired) electrons. The van der Waals surface area contributed by atoms with Crippen molar-refractivity contribution in [3.63, 3.8) is 0 Å². The summed E-state index contributed by atoms with van der Waals surface area (Å²) >= 11 is 14.1. The Hall–Kier alpha value is -3.83. The molecule has 4 heterocycles. The van der Waals surface area contributed by atoms with E-state index in [9.17, 15) is 4.79 Å². The summed E-state index contributed by atoms with van der Waals surface area (Å²) in [5.41, 5.74) is 4.08. The third kappa shape index (κ3) is 4.87. The highest BCUT2D eigenvalue weighted by Crippen LogP contribution is 2.43. The molecule has 39 heavy (non-hydrogen) atoms. The molecule has 11 heteroatoms. The molecule has 5 aromatic rings. The fourth-order valence-electron chi connectivity index (χ4n) is 4.78. The maximum Gasteiger partial charge on any atom is 0.250 e. The van der Waals surface area contributed by atoms with Crippen LogP contribution in [0.1, 0.15) is 23.5 Å². The molecule has 0 unspecified atom stereocenters. The number of methoxy groups -OCH3 is 1. The fraction of sp³-hybridized carbons (Fsp3) is 0.143. The van der Waals surface area contributed by atoms with Crippen molar-refractivity contribution in [1.82, 2.24) is 19.9 Å². The van der Waals surface area contributed by atoms with Crippen molar-refractivity contribution in [1.29, 1.82) is 0 Å². The molecule has 196 valence electrons. The Morgan fingerprint density at radius 1 is 1.15 bits per heavy atom. The molecule has 0 aliphatic carbocycles. The number of nitrogens with zero attached hydrogens (tertiary/aromatic N) is 4. The number of anilines is 2. The van der Waals surface area contributed by atoms with Gasteiger partial charge in [-0.2, -0.15) is 0 Å². The third-order valence-corrected chi connectivity index (χ3v) is 8.11. The van der Waals surface area contributed by atoms with E-state index >= 15 is 0 Å². The summed E-state index contributed by atoms with van der Waals surface area (Å²) in [6, 6.07) is 23.0. The Bertz CT molecular complexity index is 1640. The summed E-state index contributed by atoms with van der Waals surface area (Å²) in [6.07, 6.45) is 3.80. The average molecular weight is 575 g/mol. The number of carbonyl (C=O) groups excluding carboxylic acids is 1. The van der Waals surface area contributed by atoms with E-state index in [-0.39, 0.29) is 24.6 Å². The van der Waals surface area contributed by atoms with Gasteiger partial charge < -0.3 is 20.3 Å². The van der Waals surface area contributed by atoms with Crippen LogP contribution in [0, 0.1) is 0 Å². The summed E-state index contributed by atoms with van der Waals surface area (Å²) in [5, 5.41) is 8.05. The van der Waals surface area contributed by atoms with Gasteiger partial charge in [0, 0.05) is 25.2 Å². The number of carbonyl (C=O) groups is 1. The minimum absolute atomic E-state index is 0.0607. The Labute approximate surface area is 239 Å². The number of halogens is 1. The average Bonchev–Trinajstić information content (AvgIpc) is 3.66. The standard InChI is InChI=1S/C28H23ClN6O2S2/c1-37-16-24(36)31-19-12-11-17(15-18(19)29)35-26(25(33-27(35)38)21-8-4-5-13-30-21)22-9-6-14-34(22)28-32-20-7-2-3-10-23(20)39-28/h2-15,25-26H,16H2,1H3,(H,31,36)(H,33,38)/t25-,26-/m1/s1. The lowest BCUT2D eigenvalue weighted by molar-refractivity contribution is -0.119. The van der Waals surface area contributed by atoms with E-state index in [1.165, 1.54) is 7.11 Å². The minimum atomic E-state index is -0.285. The van der Waals surface area contributed by atoms with Gasteiger partial charge in [0.15, 0.2) is 10.2 Å². The highest BCUT2D eigenvalue weighted by Gasteiger charge is 2.42. The van der Waals surface area contributed by atoms with Gasteiger partial charge in [-0.1, -0.05) is 41.1 Å². The number of aromatic nitrogens is 3. The first kappa shape index (κ1) is 25.4. The number of fused-ring (bicyclic) bond motifs is 1. The van der Waals surface area contributed by atoms with Crippen molar-refractivity contribution < 1.29 is 9.53 Å². The van der Waals surface area contributed by atoms with Crippen LogP contribution in [0.5, 0.6) is 0 Å². The van der Waals surface area contributed by atoms with Crippen molar-refractivity contribution in [2.45, 2.75) is 12.1 Å². The summed E-state index contributed by atoms with van der Waals surface area (Å²) in [6.45, 7) is -0.0607. The van der Waals surface area contributed by atoms with E-state index in [0.29, 0.717) is 15.8 Å². The summed E-state index contributed by atoms with van der Waals surface area (Å²) in [4.78, 5) is 23.6. The molecule has 3 aromatic heterocycles. The van der Waals surface area contributed by atoms with Crippen LogP contribution in [0.4, 0.5) is 11.4 Å². The van der Waals surface area contributed by atoms with E-state index in [0.717, 1.165) is 32.4 Å². The lowest BCUT2D eigenvalue weighted by Crippen LogP contribution is -2.30. The normalized spacial score (nSPS) is 17.0. The van der Waals surface area contributed by atoms with Crippen molar-refractivity contribution in [2.24, 2.45) is 0 Å². The number of rotatable bonds is 7. The number of thiazole rings is 1. The van der Waals surface area contributed by atoms with Crippen molar-refractivity contribution in [3.05, 3.63) is 102 Å². The summed E-state index contributed by atoms with van der Waals surface area (Å²) in [5.74, 6) is -0.285. The van der Waals surface area contributed by atoms with E-state index in [2.05, 4.69) is 32.3 Å². The number of amides is 1. The predicted molar refractivity (Wildman–Crippen MR) is 159 cm³/mol. The number of para-hydroxylation sites is 1. The molecule has 6 rings (SSSR count). The Kier molecular flexibility index (Phi) is 7.01. The zero-order valence-electron chi connectivity index (χ0n) is 20.7. The number of hydrogen-bond donors (Lipinski definition) is 2. The van der Waals surface area contributed by atoms with Gasteiger partial charge in [-0.15, -0.1) is 0 Å². The molecular weight excluding hydrogens is 552 g/mol. The monoisotopic (exact) mass is 574 g/mol. The molecule has 0 saturated carbocycles. The number of thiocarbonyl (C=S) groups is 1. The van der Waals surface area contributed by atoms with Crippen LogP contribution in [-0.4, -0.2) is 39.3 Å². The summed E-state index contributed by atoms with van der Waals surface area (Å²) < 4.78 is 8.13. The Morgan fingerprint density at radius 2 is 2.00 bits per heavy atom. The number of nitrogens with one attached hydrogen (secondary N) is 2. The van der Waals surface area contributed by atoms with E-state index < -0.39 is 0 Å². The Balaban J connectivity index is 1.44. The number of ether oxygens (including phenoxy) is 1. The summed E-state index contributed by atoms with van der Waals surface area (Å²) in [7, 11) is 1.47. The van der Waals surface area contributed by atoms with E-state index in [1.54, 1.807) is 29.7 Å². The molecule has 1 aliphatic heterocycles. The van der Waals surface area contributed by atoms with Gasteiger partial charge in [-0.05, 0) is 66.8 Å². The zero-order valence-corrected chi connectivity index (χ0v) is 23.1. The number of hydrogen-bond acceptors (Lipinski definition) is 6. The first-order valence-corrected chi connectivity index (χ1v) is 13.8. The van der Waals surface area contributed by atoms with Crippen LogP contribution in [0.2, 0.25) is 5.02 Å². The predicted octanol–water partition coefficient (Wildman–Crippen LogP) is 5.90. The third-order valence-electron chi connectivity index (χ3n) is 6.45. The van der Waals surface area contributed by atoms with E-state index in [4.69, 9.17) is 33.5 Å². The molecule has 2 N–H and O–H groups in total. The van der Waals surface area contributed by atoms with Crippen LogP contribution in [0.3, 0.4) is 0 Å². The quantitative estimate of drug-likeness (QED) is 0.234. The molecule has 1 aliphatic rings. The molecule has 1 saturated heterocycles. The fourth-order valence-corrected chi connectivity index (χ4v) is 6.32. The Morgan fingerprint density at radius 3 is 2.77 bits per heavy atom. The van der Waals surface area contributed by atoms with Crippen molar-refractivity contribution in [3.8, 4) is 5.13 Å². The highest BCUT2D eigenvalue weighted by molar-refractivity contribution is 7.80. The van der Waals surface area contributed by atoms with Crippen LogP contribution in [-0.2, 0) is 9.53 Å². The van der Waals surface area contributed by atoms with Gasteiger partial charge >= 0.3 is 0 Å². The second-order valence-corrected chi connectivity index (χ2v) is 10.7. The van der Waals surface area contributed by atoms with Gasteiger partial charge in [0.05, 0.1) is 38.4 Å². The van der Waals surface area contributed by atoms with Gasteiger partial charge in [0.1, 0.15) is 12.6 Å². The second kappa shape index (κ2) is 10.7. The maximum absolute atomic E-state index is 12.1. The first-order valence-electron chi connectivity index (χ1n) is 12.2. The zero-order chi connectivity index (χ0) is 26.9. The number of benzene rings is 2. The first-order chi connectivity index (χ1) is 19.0. The minimum Gasteiger partial charge on any atom is -0.375 e. The van der Waals surface area contributed by atoms with Crippen LogP contribution < -0.4 is 15.5 Å². The largest absolute Gasteiger partial charge is 0.375 e. The van der Waals surface area contributed by atoms with Gasteiger partial charge in [-0.25, -0.2) is 4.98 Å². The molecule has 0 bridgehead atoms. The molecule has 1 amide bonds. The molecule has 1 fully saturated rings. The lowest BCUT2D eigenvalue weighted by atomic mass is 10.0. The highest BCUT2D eigenvalue weighted by atomic mass is 35.5. The number of pyridine rings is 1.